The van der Waals surface area contributed by atoms with Crippen LogP contribution in [0.25, 0.3) is 0 Å². The summed E-state index contributed by atoms with van der Waals surface area (Å²) in [6.07, 6.45) is 5.19. The van der Waals surface area contributed by atoms with Crippen LogP contribution in [0.2, 0.25) is 0 Å². The Morgan fingerprint density at radius 1 is 1.04 bits per heavy atom. The average Bonchev–Trinajstić information content (AvgIpc) is 2.69. The molecular formula is C20H26N4O. The fourth-order valence-corrected chi connectivity index (χ4v) is 3.27. The Hall–Kier alpha value is -2.24. The molecule has 1 atom stereocenters. The first-order valence-electron chi connectivity index (χ1n) is 8.98. The molecule has 1 aromatic carbocycles. The number of carbonyl (C=O) groups is 1. The van der Waals surface area contributed by atoms with Crippen molar-refractivity contribution in [3.05, 3.63) is 66.0 Å². The summed E-state index contributed by atoms with van der Waals surface area (Å²) in [5, 5.41) is 6.42. The lowest BCUT2D eigenvalue weighted by Gasteiger charge is -2.32. The summed E-state index contributed by atoms with van der Waals surface area (Å²) in [5.74, 6) is 0.109. The smallest absolute Gasteiger partial charge is 0.221 e. The molecule has 0 bridgehead atoms. The van der Waals surface area contributed by atoms with Crippen molar-refractivity contribution >= 4 is 5.91 Å². The van der Waals surface area contributed by atoms with E-state index in [2.05, 4.69) is 32.7 Å². The van der Waals surface area contributed by atoms with E-state index in [1.165, 1.54) is 11.1 Å². The maximum absolute atomic E-state index is 12.4. The maximum Gasteiger partial charge on any atom is 0.221 e. The zero-order chi connectivity index (χ0) is 17.3. The molecule has 3 rings (SSSR count). The van der Waals surface area contributed by atoms with E-state index in [9.17, 15) is 4.79 Å². The summed E-state index contributed by atoms with van der Waals surface area (Å²) in [6, 6.07) is 14.5. The fourth-order valence-electron chi connectivity index (χ4n) is 3.27. The quantitative estimate of drug-likeness (QED) is 0.900. The van der Waals surface area contributed by atoms with Gasteiger partial charge in [0.05, 0.1) is 0 Å². The Kier molecular flexibility index (Phi) is 6.54. The molecule has 1 saturated heterocycles. The fraction of sp³-hybridized carbons (Fsp3) is 0.400. The van der Waals surface area contributed by atoms with Crippen LogP contribution in [0, 0.1) is 0 Å². The first-order valence-corrected chi connectivity index (χ1v) is 8.98. The van der Waals surface area contributed by atoms with Gasteiger partial charge < -0.3 is 10.6 Å². The molecule has 0 aliphatic carbocycles. The van der Waals surface area contributed by atoms with Gasteiger partial charge in [0.15, 0.2) is 0 Å². The first kappa shape index (κ1) is 17.6. The van der Waals surface area contributed by atoms with E-state index in [0.717, 1.165) is 32.6 Å². The Morgan fingerprint density at radius 2 is 1.84 bits per heavy atom. The predicted octanol–water partition coefficient (Wildman–Crippen LogP) is 2.12. The van der Waals surface area contributed by atoms with E-state index in [4.69, 9.17) is 0 Å². The molecule has 2 aromatic rings. The number of benzene rings is 1. The highest BCUT2D eigenvalue weighted by atomic mass is 16.1. The van der Waals surface area contributed by atoms with Gasteiger partial charge in [-0.15, -0.1) is 0 Å². The standard InChI is InChI=1S/C20H26N4O/c25-20-15-19(18-5-2-1-3-6-18)24(14-4-9-21-12-13-23-20)16-17-7-10-22-11-8-17/h1-3,5-8,10-11,19,21H,4,9,12-16H2,(H,23,25)/t19-/m0/s1. The van der Waals surface area contributed by atoms with E-state index in [0.29, 0.717) is 13.0 Å². The highest BCUT2D eigenvalue weighted by Gasteiger charge is 2.23. The Morgan fingerprint density at radius 3 is 2.64 bits per heavy atom. The van der Waals surface area contributed by atoms with Crippen LogP contribution in [0.15, 0.2) is 54.9 Å². The second-order valence-electron chi connectivity index (χ2n) is 6.41. The van der Waals surface area contributed by atoms with Gasteiger partial charge in [0.2, 0.25) is 5.91 Å². The van der Waals surface area contributed by atoms with Gasteiger partial charge in [-0.2, -0.15) is 0 Å². The number of pyridine rings is 1. The van der Waals surface area contributed by atoms with Crippen LogP contribution in [0.4, 0.5) is 0 Å². The molecule has 0 spiro atoms. The number of amides is 1. The largest absolute Gasteiger partial charge is 0.355 e. The van der Waals surface area contributed by atoms with Crippen molar-refractivity contribution in [3.8, 4) is 0 Å². The summed E-state index contributed by atoms with van der Waals surface area (Å²) in [4.78, 5) is 18.9. The molecule has 25 heavy (non-hydrogen) atoms. The SMILES string of the molecule is O=C1C[C@@H](c2ccccc2)N(Cc2ccncc2)CCCNCCN1. The number of nitrogens with one attached hydrogen (secondary N) is 2. The highest BCUT2D eigenvalue weighted by molar-refractivity contribution is 5.76. The van der Waals surface area contributed by atoms with Crippen molar-refractivity contribution in [2.45, 2.75) is 25.4 Å². The second kappa shape index (κ2) is 9.30. The molecule has 2 N–H and O–H groups in total. The lowest BCUT2D eigenvalue weighted by molar-refractivity contribution is -0.122. The third-order valence-corrected chi connectivity index (χ3v) is 4.56. The van der Waals surface area contributed by atoms with Crippen molar-refractivity contribution in [2.75, 3.05) is 26.2 Å². The number of hydrogen-bond acceptors (Lipinski definition) is 4. The average molecular weight is 338 g/mol. The summed E-state index contributed by atoms with van der Waals surface area (Å²) in [7, 11) is 0. The molecule has 0 unspecified atom stereocenters. The van der Waals surface area contributed by atoms with Crippen molar-refractivity contribution in [1.82, 2.24) is 20.5 Å². The lowest BCUT2D eigenvalue weighted by atomic mass is 10.0. The minimum absolute atomic E-state index is 0.0764. The van der Waals surface area contributed by atoms with Gasteiger partial charge in [-0.1, -0.05) is 30.3 Å². The summed E-state index contributed by atoms with van der Waals surface area (Å²) in [5.41, 5.74) is 2.41. The van der Waals surface area contributed by atoms with Crippen molar-refractivity contribution in [1.29, 1.82) is 0 Å². The Bertz CT molecular complexity index is 647. The van der Waals surface area contributed by atoms with Crippen LogP contribution in [0.3, 0.4) is 0 Å². The van der Waals surface area contributed by atoms with Crippen molar-refractivity contribution < 1.29 is 4.79 Å². The zero-order valence-corrected chi connectivity index (χ0v) is 14.5. The normalized spacial score (nSPS) is 20.5. The van der Waals surface area contributed by atoms with Crippen molar-refractivity contribution in [3.63, 3.8) is 0 Å². The predicted molar refractivity (Wildman–Crippen MR) is 98.9 cm³/mol. The molecule has 0 radical (unpaired) electrons. The Balaban J connectivity index is 1.86. The molecule has 5 nitrogen and oxygen atoms in total. The summed E-state index contributed by atoms with van der Waals surface area (Å²) < 4.78 is 0. The molecule has 5 heteroatoms. The van der Waals surface area contributed by atoms with Gasteiger partial charge >= 0.3 is 0 Å². The zero-order valence-electron chi connectivity index (χ0n) is 14.5. The third-order valence-electron chi connectivity index (χ3n) is 4.56. The van der Waals surface area contributed by atoms with Crippen molar-refractivity contribution in [2.24, 2.45) is 0 Å². The number of hydrogen-bond donors (Lipinski definition) is 2. The van der Waals surface area contributed by atoms with Gasteiger partial charge in [0.25, 0.3) is 0 Å². The Labute approximate surface area is 149 Å². The number of aromatic nitrogens is 1. The van der Waals surface area contributed by atoms with E-state index in [1.54, 1.807) is 0 Å². The van der Waals surface area contributed by atoms with Gasteiger partial charge in [0, 0.05) is 51.0 Å². The number of carbonyl (C=O) groups excluding carboxylic acids is 1. The molecule has 1 aliphatic rings. The molecular weight excluding hydrogens is 312 g/mol. The van der Waals surface area contributed by atoms with Crippen LogP contribution in [-0.2, 0) is 11.3 Å². The molecule has 0 saturated carbocycles. The molecule has 1 fully saturated rings. The molecule has 1 aliphatic heterocycles. The van der Waals surface area contributed by atoms with Crippen LogP contribution in [0.1, 0.15) is 30.0 Å². The van der Waals surface area contributed by atoms with Gasteiger partial charge in [-0.25, -0.2) is 0 Å². The van der Waals surface area contributed by atoms with Gasteiger partial charge in [-0.3, -0.25) is 14.7 Å². The van der Waals surface area contributed by atoms with Crippen LogP contribution < -0.4 is 10.6 Å². The maximum atomic E-state index is 12.4. The van der Waals surface area contributed by atoms with Crippen LogP contribution in [-0.4, -0.2) is 42.0 Å². The highest BCUT2D eigenvalue weighted by Crippen LogP contribution is 2.26. The third kappa shape index (κ3) is 5.37. The molecule has 132 valence electrons. The van der Waals surface area contributed by atoms with E-state index in [-0.39, 0.29) is 11.9 Å². The molecule has 1 aromatic heterocycles. The first-order chi connectivity index (χ1) is 12.3. The van der Waals surface area contributed by atoms with Crippen LogP contribution >= 0.6 is 0 Å². The number of nitrogens with zero attached hydrogens (tertiary/aromatic N) is 2. The van der Waals surface area contributed by atoms with E-state index in [1.807, 2.05) is 42.7 Å². The van der Waals surface area contributed by atoms with Crippen LogP contribution in [0.5, 0.6) is 0 Å². The monoisotopic (exact) mass is 338 g/mol. The van der Waals surface area contributed by atoms with Gasteiger partial charge in [-0.05, 0) is 36.2 Å². The molecule has 2 heterocycles. The molecule has 1 amide bonds. The van der Waals surface area contributed by atoms with Gasteiger partial charge in [0.1, 0.15) is 0 Å². The minimum Gasteiger partial charge on any atom is -0.355 e. The lowest BCUT2D eigenvalue weighted by Crippen LogP contribution is -2.35. The number of rotatable bonds is 3. The summed E-state index contributed by atoms with van der Waals surface area (Å²) in [6.45, 7) is 4.23. The minimum atomic E-state index is 0.0764. The topological polar surface area (TPSA) is 57.3 Å². The van der Waals surface area contributed by atoms with E-state index < -0.39 is 0 Å². The second-order valence-corrected chi connectivity index (χ2v) is 6.41. The summed E-state index contributed by atoms with van der Waals surface area (Å²) >= 11 is 0. The van der Waals surface area contributed by atoms with E-state index >= 15 is 0 Å².